The van der Waals surface area contributed by atoms with Gasteiger partial charge in [0.25, 0.3) is 5.91 Å². The quantitative estimate of drug-likeness (QED) is 0.811. The lowest BCUT2D eigenvalue weighted by Gasteiger charge is -2.21. The first-order valence-corrected chi connectivity index (χ1v) is 6.64. The van der Waals surface area contributed by atoms with Crippen molar-refractivity contribution < 1.29 is 4.79 Å². The van der Waals surface area contributed by atoms with E-state index in [0.717, 1.165) is 25.2 Å². The molecule has 0 atom stereocenters. The topological polar surface area (TPSA) is 48.5 Å². The van der Waals surface area contributed by atoms with Crippen LogP contribution in [0.2, 0.25) is 0 Å². The lowest BCUT2D eigenvalue weighted by Crippen LogP contribution is -2.34. The average molecular weight is 264 g/mol. The number of rotatable bonds is 7. The van der Waals surface area contributed by atoms with Gasteiger partial charge < -0.3 is 15.1 Å². The molecule has 0 unspecified atom stereocenters. The Morgan fingerprint density at radius 1 is 1.32 bits per heavy atom. The van der Waals surface area contributed by atoms with Gasteiger partial charge in [-0.15, -0.1) is 0 Å². The van der Waals surface area contributed by atoms with E-state index in [1.807, 2.05) is 27.2 Å². The molecule has 0 aromatic carbocycles. The zero-order chi connectivity index (χ0) is 14.3. The smallest absolute Gasteiger partial charge is 0.257 e. The van der Waals surface area contributed by atoms with Gasteiger partial charge in [-0.25, -0.2) is 0 Å². The fraction of sp³-hybridized carbons (Fsp3) is 0.571. The number of carbonyl (C=O) groups is 1. The normalized spacial score (nSPS) is 10.6. The summed E-state index contributed by atoms with van der Waals surface area (Å²) in [5.41, 5.74) is 1.50. The van der Waals surface area contributed by atoms with Gasteiger partial charge in [0, 0.05) is 39.1 Å². The molecule has 0 aliphatic rings. The molecule has 1 aromatic rings. The number of aromatic nitrogens is 1. The minimum atomic E-state index is 0.00792. The van der Waals surface area contributed by atoms with Crippen LogP contribution in [0.1, 0.15) is 23.7 Å². The predicted molar refractivity (Wildman–Crippen MR) is 78.5 cm³/mol. The molecule has 0 aliphatic carbocycles. The molecule has 1 aromatic heterocycles. The van der Waals surface area contributed by atoms with Gasteiger partial charge in [-0.1, -0.05) is 6.92 Å². The molecule has 0 bridgehead atoms. The van der Waals surface area contributed by atoms with Gasteiger partial charge in [-0.05, 0) is 26.6 Å². The van der Waals surface area contributed by atoms with E-state index >= 15 is 0 Å². The number of nitrogens with zero attached hydrogens (tertiary/aromatic N) is 3. The van der Waals surface area contributed by atoms with Crippen molar-refractivity contribution in [3.63, 3.8) is 0 Å². The molecule has 1 amide bonds. The minimum Gasteiger partial charge on any atom is -0.384 e. The fourth-order valence-corrected chi connectivity index (χ4v) is 1.64. The summed E-state index contributed by atoms with van der Waals surface area (Å²) in [6.07, 6.45) is 4.35. The van der Waals surface area contributed by atoms with E-state index in [1.54, 1.807) is 17.3 Å². The molecule has 0 aliphatic heterocycles. The van der Waals surface area contributed by atoms with Gasteiger partial charge in [0.05, 0.1) is 11.3 Å². The Bertz CT molecular complexity index is 406. The highest BCUT2D eigenvalue weighted by Crippen LogP contribution is 2.15. The maximum atomic E-state index is 12.4. The van der Waals surface area contributed by atoms with E-state index < -0.39 is 0 Å². The van der Waals surface area contributed by atoms with Crippen LogP contribution in [0, 0.1) is 0 Å². The molecular weight excluding hydrogens is 240 g/mol. The van der Waals surface area contributed by atoms with Crippen molar-refractivity contribution in [2.75, 3.05) is 46.1 Å². The van der Waals surface area contributed by atoms with E-state index in [1.165, 1.54) is 0 Å². The van der Waals surface area contributed by atoms with Crippen LogP contribution in [0.25, 0.3) is 0 Å². The van der Waals surface area contributed by atoms with Crippen LogP contribution in [0.4, 0.5) is 5.69 Å². The van der Waals surface area contributed by atoms with Crippen molar-refractivity contribution in [3.8, 4) is 0 Å². The molecule has 1 heterocycles. The molecule has 19 heavy (non-hydrogen) atoms. The zero-order valence-corrected chi connectivity index (χ0v) is 12.3. The predicted octanol–water partition coefficient (Wildman–Crippen LogP) is 1.54. The second-order valence-corrected chi connectivity index (χ2v) is 4.88. The summed E-state index contributed by atoms with van der Waals surface area (Å²) in [7, 11) is 5.82. The van der Waals surface area contributed by atoms with Crippen molar-refractivity contribution in [1.82, 2.24) is 14.8 Å². The third-order valence-electron chi connectivity index (χ3n) is 2.85. The maximum absolute atomic E-state index is 12.4. The zero-order valence-electron chi connectivity index (χ0n) is 12.3. The van der Waals surface area contributed by atoms with Gasteiger partial charge >= 0.3 is 0 Å². The van der Waals surface area contributed by atoms with Crippen molar-refractivity contribution in [3.05, 3.63) is 24.0 Å². The Morgan fingerprint density at radius 2 is 2.05 bits per heavy atom. The van der Waals surface area contributed by atoms with E-state index in [4.69, 9.17) is 0 Å². The average Bonchev–Trinajstić information content (AvgIpc) is 2.42. The number of likely N-dealkylation sites (N-methyl/N-ethyl adjacent to an activating group) is 2. The Kier molecular flexibility index (Phi) is 6.29. The summed E-state index contributed by atoms with van der Waals surface area (Å²) >= 11 is 0. The van der Waals surface area contributed by atoms with Crippen LogP contribution in [-0.2, 0) is 0 Å². The lowest BCUT2D eigenvalue weighted by atomic mass is 10.2. The number of carbonyl (C=O) groups excluding carboxylic acids is 1. The molecule has 0 spiro atoms. The fourth-order valence-electron chi connectivity index (χ4n) is 1.64. The van der Waals surface area contributed by atoms with Gasteiger partial charge in [0.15, 0.2) is 0 Å². The highest BCUT2D eigenvalue weighted by Gasteiger charge is 2.15. The summed E-state index contributed by atoms with van der Waals surface area (Å²) in [4.78, 5) is 20.2. The van der Waals surface area contributed by atoms with Gasteiger partial charge in [0.2, 0.25) is 0 Å². The Morgan fingerprint density at radius 3 is 2.68 bits per heavy atom. The summed E-state index contributed by atoms with van der Waals surface area (Å²) in [6.45, 7) is 4.50. The van der Waals surface area contributed by atoms with Crippen LogP contribution in [0.15, 0.2) is 18.5 Å². The van der Waals surface area contributed by atoms with Crippen LogP contribution >= 0.6 is 0 Å². The molecular formula is C14H24N4O. The number of anilines is 1. The molecule has 1 N–H and O–H groups in total. The van der Waals surface area contributed by atoms with E-state index in [-0.39, 0.29) is 5.91 Å². The molecule has 0 radical (unpaired) electrons. The minimum absolute atomic E-state index is 0.00792. The summed E-state index contributed by atoms with van der Waals surface area (Å²) in [5, 5.41) is 3.27. The number of amides is 1. The standard InChI is InChI=1S/C14H24N4O/c1-5-7-16-13-6-8-15-11-12(13)14(19)18(4)10-9-17(2)3/h6,8,11H,5,7,9-10H2,1-4H3,(H,15,16). The first-order valence-electron chi connectivity index (χ1n) is 6.64. The molecule has 106 valence electrons. The monoisotopic (exact) mass is 264 g/mol. The first-order chi connectivity index (χ1) is 9.06. The molecule has 0 saturated heterocycles. The highest BCUT2D eigenvalue weighted by molar-refractivity contribution is 5.99. The van der Waals surface area contributed by atoms with Crippen LogP contribution in [0.3, 0.4) is 0 Å². The number of nitrogens with one attached hydrogen (secondary N) is 1. The van der Waals surface area contributed by atoms with Gasteiger partial charge in [0.1, 0.15) is 0 Å². The molecule has 1 rings (SSSR count). The van der Waals surface area contributed by atoms with E-state index in [2.05, 4.69) is 22.1 Å². The Balaban J connectivity index is 2.74. The first kappa shape index (κ1) is 15.4. The van der Waals surface area contributed by atoms with Gasteiger partial charge in [-0.3, -0.25) is 9.78 Å². The molecule has 5 heteroatoms. The largest absolute Gasteiger partial charge is 0.384 e. The molecule has 0 saturated carbocycles. The molecule has 5 nitrogen and oxygen atoms in total. The maximum Gasteiger partial charge on any atom is 0.257 e. The summed E-state index contributed by atoms with van der Waals surface area (Å²) in [5.74, 6) is 0.00792. The van der Waals surface area contributed by atoms with Crippen molar-refractivity contribution >= 4 is 11.6 Å². The number of hydrogen-bond donors (Lipinski definition) is 1. The van der Waals surface area contributed by atoms with E-state index in [9.17, 15) is 4.79 Å². The SMILES string of the molecule is CCCNc1ccncc1C(=O)N(C)CCN(C)C. The molecule has 0 fully saturated rings. The highest BCUT2D eigenvalue weighted by atomic mass is 16.2. The number of pyridine rings is 1. The third kappa shape index (κ3) is 4.87. The van der Waals surface area contributed by atoms with Crippen molar-refractivity contribution in [2.24, 2.45) is 0 Å². The second kappa shape index (κ2) is 7.74. The summed E-state index contributed by atoms with van der Waals surface area (Å²) in [6, 6.07) is 1.85. The van der Waals surface area contributed by atoms with Gasteiger partial charge in [-0.2, -0.15) is 0 Å². The van der Waals surface area contributed by atoms with Crippen molar-refractivity contribution in [1.29, 1.82) is 0 Å². The summed E-state index contributed by atoms with van der Waals surface area (Å²) < 4.78 is 0. The lowest BCUT2D eigenvalue weighted by molar-refractivity contribution is 0.0787. The number of hydrogen-bond acceptors (Lipinski definition) is 4. The van der Waals surface area contributed by atoms with Crippen LogP contribution in [0.5, 0.6) is 0 Å². The third-order valence-corrected chi connectivity index (χ3v) is 2.85. The Hall–Kier alpha value is -1.62. The van der Waals surface area contributed by atoms with Crippen LogP contribution in [-0.4, -0.2) is 61.5 Å². The van der Waals surface area contributed by atoms with E-state index in [0.29, 0.717) is 12.1 Å². The van der Waals surface area contributed by atoms with Crippen LogP contribution < -0.4 is 5.32 Å². The van der Waals surface area contributed by atoms with Crippen molar-refractivity contribution in [2.45, 2.75) is 13.3 Å². The second-order valence-electron chi connectivity index (χ2n) is 4.88. The Labute approximate surface area is 115 Å².